The van der Waals surface area contributed by atoms with E-state index in [-0.39, 0.29) is 0 Å². The van der Waals surface area contributed by atoms with Crippen LogP contribution in [0.3, 0.4) is 0 Å². The van der Waals surface area contributed by atoms with Crippen LogP contribution in [0.5, 0.6) is 0 Å². The van der Waals surface area contributed by atoms with Crippen molar-refractivity contribution in [2.24, 2.45) is 7.05 Å². The van der Waals surface area contributed by atoms with Gasteiger partial charge in [0.1, 0.15) is 5.82 Å². The molecule has 1 atom stereocenters. The predicted octanol–water partition coefficient (Wildman–Crippen LogP) is 3.30. The standard InChI is InChI=1S/C18H23N3/c1-20-17-13(15-6-3-9-19-15)4-2-5-14(17)16-12-7-10-21(11-8-12)18(16)20/h2,4-5,12,15,19H,3,6-11H2,1H3. The van der Waals surface area contributed by atoms with Gasteiger partial charge < -0.3 is 14.8 Å². The minimum absolute atomic E-state index is 0.552. The van der Waals surface area contributed by atoms with Crippen molar-refractivity contribution in [1.82, 2.24) is 9.88 Å². The van der Waals surface area contributed by atoms with E-state index >= 15 is 0 Å². The van der Waals surface area contributed by atoms with Crippen LogP contribution < -0.4 is 10.2 Å². The average molecular weight is 281 g/mol. The molecule has 1 N–H and O–H groups in total. The highest BCUT2D eigenvalue weighted by molar-refractivity contribution is 5.94. The lowest BCUT2D eigenvalue weighted by Crippen LogP contribution is -2.39. The van der Waals surface area contributed by atoms with E-state index in [1.807, 2.05) is 0 Å². The van der Waals surface area contributed by atoms with E-state index in [0.717, 1.165) is 5.92 Å². The maximum Gasteiger partial charge on any atom is 0.112 e. The minimum Gasteiger partial charge on any atom is -0.358 e. The van der Waals surface area contributed by atoms with E-state index in [4.69, 9.17) is 0 Å². The molecule has 4 aliphatic rings. The fourth-order valence-electron chi connectivity index (χ4n) is 4.96. The molecule has 2 saturated heterocycles. The summed E-state index contributed by atoms with van der Waals surface area (Å²) >= 11 is 0. The lowest BCUT2D eigenvalue weighted by molar-refractivity contribution is 0.469. The van der Waals surface area contributed by atoms with Crippen molar-refractivity contribution in [3.63, 3.8) is 0 Å². The van der Waals surface area contributed by atoms with Crippen LogP contribution in [-0.4, -0.2) is 24.2 Å². The van der Waals surface area contributed by atoms with E-state index in [0.29, 0.717) is 6.04 Å². The van der Waals surface area contributed by atoms with Crippen molar-refractivity contribution < 1.29 is 0 Å². The van der Waals surface area contributed by atoms with E-state index in [9.17, 15) is 0 Å². The normalized spacial score (nSPS) is 25.0. The van der Waals surface area contributed by atoms with Crippen LogP contribution in [-0.2, 0) is 7.05 Å². The molecule has 0 amide bonds. The number of fused-ring (bicyclic) bond motifs is 3. The van der Waals surface area contributed by atoms with Crippen LogP contribution in [0.25, 0.3) is 10.9 Å². The highest BCUT2D eigenvalue weighted by Gasteiger charge is 2.36. The molecule has 2 fully saturated rings. The molecular weight excluding hydrogens is 258 g/mol. The summed E-state index contributed by atoms with van der Waals surface area (Å²) in [6.07, 6.45) is 5.28. The maximum atomic E-state index is 3.68. The summed E-state index contributed by atoms with van der Waals surface area (Å²) < 4.78 is 2.49. The van der Waals surface area contributed by atoms with Gasteiger partial charge in [0.05, 0.1) is 5.52 Å². The molecule has 110 valence electrons. The summed E-state index contributed by atoms with van der Waals surface area (Å²) in [7, 11) is 2.28. The molecule has 0 aliphatic carbocycles. The van der Waals surface area contributed by atoms with Crippen molar-refractivity contribution in [3.8, 4) is 0 Å². The Morgan fingerprint density at radius 3 is 2.76 bits per heavy atom. The Morgan fingerprint density at radius 1 is 1.14 bits per heavy atom. The Kier molecular flexibility index (Phi) is 2.46. The largest absolute Gasteiger partial charge is 0.358 e. The summed E-state index contributed by atoms with van der Waals surface area (Å²) in [5, 5.41) is 5.21. The van der Waals surface area contributed by atoms with Crippen molar-refractivity contribution in [2.45, 2.75) is 37.6 Å². The lowest BCUT2D eigenvalue weighted by Gasteiger charge is -2.41. The molecule has 2 bridgehead atoms. The topological polar surface area (TPSA) is 20.2 Å². The highest BCUT2D eigenvalue weighted by atomic mass is 15.3. The van der Waals surface area contributed by atoms with Gasteiger partial charge in [0.15, 0.2) is 0 Å². The first-order valence-corrected chi connectivity index (χ1v) is 8.44. The summed E-state index contributed by atoms with van der Waals surface area (Å²) in [6, 6.07) is 7.52. The molecule has 4 aliphatic heterocycles. The van der Waals surface area contributed by atoms with Gasteiger partial charge in [0.2, 0.25) is 0 Å². The van der Waals surface area contributed by atoms with Gasteiger partial charge in [-0.2, -0.15) is 0 Å². The molecule has 21 heavy (non-hydrogen) atoms. The molecule has 0 saturated carbocycles. The highest BCUT2D eigenvalue weighted by Crippen LogP contribution is 2.48. The Labute approximate surface area is 125 Å². The lowest BCUT2D eigenvalue weighted by atomic mass is 9.84. The SMILES string of the molecule is Cn1c2c(c3cccc(C4CCCN4)c31)C1CCN2CC1. The molecule has 5 heterocycles. The Morgan fingerprint density at radius 2 is 2.00 bits per heavy atom. The molecule has 1 aromatic carbocycles. The Hall–Kier alpha value is -1.48. The van der Waals surface area contributed by atoms with Crippen molar-refractivity contribution >= 4 is 16.7 Å². The number of piperidine rings is 1. The molecule has 6 rings (SSSR count). The molecule has 1 aromatic heterocycles. The monoisotopic (exact) mass is 281 g/mol. The van der Waals surface area contributed by atoms with Gasteiger partial charge in [-0.1, -0.05) is 18.2 Å². The van der Waals surface area contributed by atoms with Gasteiger partial charge in [0, 0.05) is 37.1 Å². The van der Waals surface area contributed by atoms with Crippen molar-refractivity contribution in [2.75, 3.05) is 24.5 Å². The quantitative estimate of drug-likeness (QED) is 0.865. The zero-order valence-electron chi connectivity index (χ0n) is 12.7. The van der Waals surface area contributed by atoms with Crippen LogP contribution in [0.2, 0.25) is 0 Å². The number of hydrogen-bond acceptors (Lipinski definition) is 2. The van der Waals surface area contributed by atoms with E-state index < -0.39 is 0 Å². The van der Waals surface area contributed by atoms with Crippen LogP contribution >= 0.6 is 0 Å². The third-order valence-corrected chi connectivity index (χ3v) is 5.89. The fraction of sp³-hybridized carbons (Fsp3) is 0.556. The molecule has 3 heteroatoms. The number of para-hydroxylation sites is 1. The average Bonchev–Trinajstić information content (AvgIpc) is 3.17. The molecule has 0 spiro atoms. The molecule has 0 radical (unpaired) electrons. The second-order valence-corrected chi connectivity index (χ2v) is 6.95. The van der Waals surface area contributed by atoms with Gasteiger partial charge in [-0.25, -0.2) is 0 Å². The fourth-order valence-corrected chi connectivity index (χ4v) is 4.96. The number of nitrogens with one attached hydrogen (secondary N) is 1. The van der Waals surface area contributed by atoms with Gasteiger partial charge in [-0.15, -0.1) is 0 Å². The van der Waals surface area contributed by atoms with E-state index in [1.165, 1.54) is 67.6 Å². The number of rotatable bonds is 1. The molecule has 2 aromatic rings. The van der Waals surface area contributed by atoms with Crippen LogP contribution in [0.1, 0.15) is 48.8 Å². The number of nitrogens with zero attached hydrogens (tertiary/aromatic N) is 2. The minimum atomic E-state index is 0.552. The zero-order valence-corrected chi connectivity index (χ0v) is 12.7. The summed E-state index contributed by atoms with van der Waals surface area (Å²) in [5.74, 6) is 2.30. The Balaban J connectivity index is 1.81. The van der Waals surface area contributed by atoms with Crippen LogP contribution in [0.4, 0.5) is 5.82 Å². The molecule has 1 unspecified atom stereocenters. The van der Waals surface area contributed by atoms with Crippen molar-refractivity contribution in [1.29, 1.82) is 0 Å². The van der Waals surface area contributed by atoms with Gasteiger partial charge in [0.25, 0.3) is 0 Å². The number of anilines is 1. The third kappa shape index (κ3) is 1.53. The summed E-state index contributed by atoms with van der Waals surface area (Å²) in [6.45, 7) is 3.66. The maximum absolute atomic E-state index is 3.68. The first-order chi connectivity index (χ1) is 10.3. The van der Waals surface area contributed by atoms with Gasteiger partial charge >= 0.3 is 0 Å². The second kappa shape index (κ2) is 4.26. The van der Waals surface area contributed by atoms with Crippen LogP contribution in [0.15, 0.2) is 18.2 Å². The summed E-state index contributed by atoms with van der Waals surface area (Å²) in [4.78, 5) is 2.61. The number of hydrogen-bond donors (Lipinski definition) is 1. The van der Waals surface area contributed by atoms with Gasteiger partial charge in [-0.3, -0.25) is 0 Å². The first-order valence-electron chi connectivity index (χ1n) is 8.44. The Bertz CT molecular complexity index is 701. The van der Waals surface area contributed by atoms with E-state index in [1.54, 1.807) is 5.56 Å². The smallest absolute Gasteiger partial charge is 0.112 e. The molecular formula is C18H23N3. The number of aryl methyl sites for hydroxylation is 1. The first kappa shape index (κ1) is 12.1. The predicted molar refractivity (Wildman–Crippen MR) is 87.1 cm³/mol. The summed E-state index contributed by atoms with van der Waals surface area (Å²) in [5.41, 5.74) is 4.65. The number of benzene rings is 1. The van der Waals surface area contributed by atoms with Crippen LogP contribution in [0, 0.1) is 0 Å². The zero-order chi connectivity index (χ0) is 14.0. The van der Waals surface area contributed by atoms with Gasteiger partial charge in [-0.05, 0) is 43.7 Å². The third-order valence-electron chi connectivity index (χ3n) is 5.89. The number of aromatic nitrogens is 1. The van der Waals surface area contributed by atoms with Crippen molar-refractivity contribution in [3.05, 3.63) is 29.3 Å². The molecule has 3 nitrogen and oxygen atoms in total. The van der Waals surface area contributed by atoms with E-state index in [2.05, 4.69) is 40.0 Å². The second-order valence-electron chi connectivity index (χ2n) is 6.95.